The number of hydrogen-bond acceptors (Lipinski definition) is 7. The van der Waals surface area contributed by atoms with E-state index in [-0.39, 0.29) is 30.4 Å². The van der Waals surface area contributed by atoms with Gasteiger partial charge in [0, 0.05) is 50.5 Å². The van der Waals surface area contributed by atoms with Gasteiger partial charge in [-0.05, 0) is 25.0 Å². The van der Waals surface area contributed by atoms with Crippen molar-refractivity contribution in [3.63, 3.8) is 0 Å². The van der Waals surface area contributed by atoms with Crippen molar-refractivity contribution in [1.29, 1.82) is 0 Å². The Kier molecular flexibility index (Phi) is 8.40. The molecule has 0 saturated carbocycles. The molecule has 0 bridgehead atoms. The van der Waals surface area contributed by atoms with Crippen molar-refractivity contribution < 1.29 is 28.6 Å². The predicted octanol–water partition coefficient (Wildman–Crippen LogP) is 2.22. The molecular weight excluding hydrogens is 464 g/mol. The number of ether oxygens (including phenoxy) is 3. The summed E-state index contributed by atoms with van der Waals surface area (Å²) in [5, 5.41) is 5.70. The van der Waals surface area contributed by atoms with Crippen LogP contribution in [0.15, 0.2) is 42.5 Å². The minimum Gasteiger partial charge on any atom is -0.494 e. The van der Waals surface area contributed by atoms with Gasteiger partial charge in [0.2, 0.25) is 5.91 Å². The van der Waals surface area contributed by atoms with Gasteiger partial charge in [0.25, 0.3) is 11.8 Å². The van der Waals surface area contributed by atoms with Crippen molar-refractivity contribution in [3.8, 4) is 11.5 Å². The molecule has 2 aromatic rings. The Morgan fingerprint density at radius 3 is 2.17 bits per heavy atom. The van der Waals surface area contributed by atoms with Gasteiger partial charge in [-0.15, -0.1) is 0 Å². The Morgan fingerprint density at radius 1 is 0.944 bits per heavy atom. The molecule has 1 atom stereocenters. The lowest BCUT2D eigenvalue weighted by molar-refractivity contribution is -0.142. The molecule has 2 aromatic carbocycles. The van der Waals surface area contributed by atoms with Gasteiger partial charge in [-0.3, -0.25) is 19.3 Å². The smallest absolute Gasteiger partial charge is 0.255 e. The van der Waals surface area contributed by atoms with Crippen LogP contribution < -0.4 is 20.1 Å². The van der Waals surface area contributed by atoms with Crippen LogP contribution in [0, 0.1) is 0 Å². The third-order valence-electron chi connectivity index (χ3n) is 6.34. The number of carbonyl (C=O) groups excluding carboxylic acids is 3. The summed E-state index contributed by atoms with van der Waals surface area (Å²) in [6.45, 7) is 3.18. The summed E-state index contributed by atoms with van der Waals surface area (Å²) in [5.41, 5.74) is 1.37. The SMILES string of the molecule is COc1cc(NC(=O)c2ccccc2)c(OC)cc1NC(=O)CN1CCN(C(=O)C2CCCO2)CC1. The quantitative estimate of drug-likeness (QED) is 0.577. The lowest BCUT2D eigenvalue weighted by atomic mass is 10.2. The molecular formula is C26H32N4O6. The fourth-order valence-electron chi connectivity index (χ4n) is 4.37. The fourth-order valence-corrected chi connectivity index (χ4v) is 4.37. The van der Waals surface area contributed by atoms with Gasteiger partial charge in [0.1, 0.15) is 17.6 Å². The van der Waals surface area contributed by atoms with Crippen LogP contribution in [0.1, 0.15) is 23.2 Å². The van der Waals surface area contributed by atoms with Crippen LogP contribution in [0.5, 0.6) is 11.5 Å². The Morgan fingerprint density at radius 2 is 1.58 bits per heavy atom. The van der Waals surface area contributed by atoms with E-state index in [9.17, 15) is 14.4 Å². The van der Waals surface area contributed by atoms with E-state index in [1.54, 1.807) is 36.4 Å². The average molecular weight is 497 g/mol. The van der Waals surface area contributed by atoms with Crippen molar-refractivity contribution in [2.45, 2.75) is 18.9 Å². The fraction of sp³-hybridized carbons (Fsp3) is 0.423. The second-order valence-corrected chi connectivity index (χ2v) is 8.72. The molecule has 1 unspecified atom stereocenters. The molecule has 3 amide bonds. The number of carbonyl (C=O) groups is 3. The molecule has 10 heteroatoms. The van der Waals surface area contributed by atoms with Crippen LogP contribution >= 0.6 is 0 Å². The van der Waals surface area contributed by atoms with Gasteiger partial charge in [-0.2, -0.15) is 0 Å². The maximum atomic E-state index is 12.8. The van der Waals surface area contributed by atoms with Gasteiger partial charge < -0.3 is 29.7 Å². The normalized spacial score (nSPS) is 17.9. The minimum absolute atomic E-state index is 0.0490. The number of amides is 3. The van der Waals surface area contributed by atoms with Crippen LogP contribution in [-0.2, 0) is 14.3 Å². The van der Waals surface area contributed by atoms with E-state index < -0.39 is 0 Å². The second-order valence-electron chi connectivity index (χ2n) is 8.72. The highest BCUT2D eigenvalue weighted by atomic mass is 16.5. The van der Waals surface area contributed by atoms with E-state index >= 15 is 0 Å². The summed E-state index contributed by atoms with van der Waals surface area (Å²) >= 11 is 0. The highest BCUT2D eigenvalue weighted by Crippen LogP contribution is 2.36. The highest BCUT2D eigenvalue weighted by molar-refractivity contribution is 6.05. The third-order valence-corrected chi connectivity index (χ3v) is 6.34. The number of methoxy groups -OCH3 is 2. The largest absolute Gasteiger partial charge is 0.494 e. The highest BCUT2D eigenvalue weighted by Gasteiger charge is 2.30. The number of anilines is 2. The summed E-state index contributed by atoms with van der Waals surface area (Å²) in [6, 6.07) is 12.1. The zero-order valence-electron chi connectivity index (χ0n) is 20.6. The first-order valence-corrected chi connectivity index (χ1v) is 12.0. The van der Waals surface area contributed by atoms with Crippen LogP contribution in [0.4, 0.5) is 11.4 Å². The molecule has 36 heavy (non-hydrogen) atoms. The van der Waals surface area contributed by atoms with E-state index in [1.165, 1.54) is 14.2 Å². The Labute approximate surface area is 210 Å². The van der Waals surface area contributed by atoms with Gasteiger partial charge in [-0.25, -0.2) is 0 Å². The number of rotatable bonds is 8. The Balaban J connectivity index is 1.35. The Bertz CT molecular complexity index is 1080. The van der Waals surface area contributed by atoms with E-state index in [4.69, 9.17) is 14.2 Å². The summed E-state index contributed by atoms with van der Waals surface area (Å²) in [6.07, 6.45) is 1.38. The van der Waals surface area contributed by atoms with E-state index in [0.29, 0.717) is 61.2 Å². The van der Waals surface area contributed by atoms with E-state index in [0.717, 1.165) is 12.8 Å². The lowest BCUT2D eigenvalue weighted by Gasteiger charge is -2.35. The van der Waals surface area contributed by atoms with Gasteiger partial charge in [-0.1, -0.05) is 18.2 Å². The molecule has 0 radical (unpaired) electrons. The predicted molar refractivity (Wildman–Crippen MR) is 135 cm³/mol. The van der Waals surface area contributed by atoms with Gasteiger partial charge in [0.05, 0.1) is 32.1 Å². The number of nitrogens with zero attached hydrogens (tertiary/aromatic N) is 2. The first-order chi connectivity index (χ1) is 17.5. The minimum atomic E-state index is -0.317. The maximum Gasteiger partial charge on any atom is 0.255 e. The van der Waals surface area contributed by atoms with Crippen molar-refractivity contribution in [3.05, 3.63) is 48.0 Å². The topological polar surface area (TPSA) is 109 Å². The van der Waals surface area contributed by atoms with Crippen LogP contribution in [0.2, 0.25) is 0 Å². The summed E-state index contributed by atoms with van der Waals surface area (Å²) < 4.78 is 16.4. The molecule has 2 aliphatic heterocycles. The molecule has 192 valence electrons. The van der Waals surface area contributed by atoms with E-state index in [2.05, 4.69) is 10.6 Å². The van der Waals surface area contributed by atoms with Crippen molar-refractivity contribution in [2.75, 3.05) is 64.2 Å². The van der Waals surface area contributed by atoms with Gasteiger partial charge in [0.15, 0.2) is 0 Å². The van der Waals surface area contributed by atoms with Crippen LogP contribution in [0.25, 0.3) is 0 Å². The van der Waals surface area contributed by atoms with Crippen molar-refractivity contribution in [1.82, 2.24) is 9.80 Å². The molecule has 2 N–H and O–H groups in total. The zero-order chi connectivity index (χ0) is 25.5. The molecule has 2 saturated heterocycles. The second kappa shape index (κ2) is 11.9. The number of nitrogens with one attached hydrogen (secondary N) is 2. The monoisotopic (exact) mass is 496 g/mol. The van der Waals surface area contributed by atoms with Crippen molar-refractivity contribution >= 4 is 29.1 Å². The molecule has 0 aromatic heterocycles. The van der Waals surface area contributed by atoms with Crippen molar-refractivity contribution in [2.24, 2.45) is 0 Å². The maximum absolute atomic E-state index is 12.8. The lowest BCUT2D eigenvalue weighted by Crippen LogP contribution is -2.52. The molecule has 0 aliphatic carbocycles. The first kappa shape index (κ1) is 25.5. The van der Waals surface area contributed by atoms with E-state index in [1.807, 2.05) is 15.9 Å². The third kappa shape index (κ3) is 6.13. The molecule has 2 fully saturated rings. The first-order valence-electron chi connectivity index (χ1n) is 12.0. The summed E-state index contributed by atoms with van der Waals surface area (Å²) in [7, 11) is 2.98. The molecule has 0 spiro atoms. The average Bonchev–Trinajstić information content (AvgIpc) is 3.45. The van der Waals surface area contributed by atoms with Crippen LogP contribution in [-0.4, -0.2) is 87.2 Å². The summed E-state index contributed by atoms with van der Waals surface area (Å²) in [5.74, 6) is 0.323. The Hall–Kier alpha value is -3.63. The molecule has 4 rings (SSSR count). The molecule has 2 aliphatic rings. The van der Waals surface area contributed by atoms with Gasteiger partial charge >= 0.3 is 0 Å². The molecule has 10 nitrogen and oxygen atoms in total. The standard InChI is InChI=1S/C26H32N4O6/c1-34-22-16-20(28-25(32)18-7-4-3-5-8-18)23(35-2)15-19(22)27-24(31)17-29-10-12-30(13-11-29)26(33)21-9-6-14-36-21/h3-5,7-8,15-16,21H,6,9-14,17H2,1-2H3,(H,27,31)(H,28,32). The zero-order valence-corrected chi connectivity index (χ0v) is 20.6. The molecule has 2 heterocycles. The summed E-state index contributed by atoms with van der Waals surface area (Å²) in [4.78, 5) is 41.7. The number of piperazine rings is 1. The number of hydrogen-bond donors (Lipinski definition) is 2. The van der Waals surface area contributed by atoms with Crippen LogP contribution in [0.3, 0.4) is 0 Å². The number of benzene rings is 2.